The lowest BCUT2D eigenvalue weighted by Gasteiger charge is -2.19. The van der Waals surface area contributed by atoms with Gasteiger partial charge in [-0.3, -0.25) is 0 Å². The van der Waals surface area contributed by atoms with E-state index in [-0.39, 0.29) is 0 Å². The van der Waals surface area contributed by atoms with E-state index in [9.17, 15) is 0 Å². The van der Waals surface area contributed by atoms with Gasteiger partial charge in [-0.1, -0.05) is 33.6 Å². The minimum atomic E-state index is 0.705. The van der Waals surface area contributed by atoms with Crippen molar-refractivity contribution in [3.05, 3.63) is 10.6 Å². The molecule has 5 heteroatoms. The van der Waals surface area contributed by atoms with Crippen molar-refractivity contribution in [1.82, 2.24) is 10.3 Å². The van der Waals surface area contributed by atoms with Gasteiger partial charge in [0.1, 0.15) is 0 Å². The summed E-state index contributed by atoms with van der Waals surface area (Å²) < 4.78 is 5.07. The van der Waals surface area contributed by atoms with Crippen LogP contribution in [0.4, 0.5) is 5.13 Å². The Morgan fingerprint density at radius 1 is 1.38 bits per heavy atom. The highest BCUT2D eigenvalue weighted by atomic mass is 32.1. The number of hydrogen-bond acceptors (Lipinski definition) is 5. The van der Waals surface area contributed by atoms with E-state index in [1.54, 1.807) is 7.11 Å². The molecule has 1 N–H and O–H groups in total. The van der Waals surface area contributed by atoms with E-state index in [1.807, 2.05) is 11.3 Å². The Hall–Kier alpha value is -0.650. The van der Waals surface area contributed by atoms with Gasteiger partial charge in [0, 0.05) is 38.7 Å². The van der Waals surface area contributed by atoms with Crippen LogP contribution in [0.3, 0.4) is 0 Å². The number of anilines is 1. The zero-order valence-electron chi connectivity index (χ0n) is 14.2. The molecule has 0 aliphatic carbocycles. The van der Waals surface area contributed by atoms with Crippen LogP contribution in [0.25, 0.3) is 0 Å². The molecule has 0 saturated heterocycles. The van der Waals surface area contributed by atoms with Crippen molar-refractivity contribution in [3.63, 3.8) is 0 Å². The van der Waals surface area contributed by atoms with Crippen LogP contribution in [-0.2, 0) is 17.7 Å². The van der Waals surface area contributed by atoms with Gasteiger partial charge in [0.15, 0.2) is 5.13 Å². The third-order valence-corrected chi connectivity index (χ3v) is 4.84. The number of aryl methyl sites for hydroxylation is 1. The second-order valence-corrected chi connectivity index (χ2v) is 6.74. The van der Waals surface area contributed by atoms with Crippen LogP contribution in [0.1, 0.15) is 44.2 Å². The molecule has 0 saturated carbocycles. The lowest BCUT2D eigenvalue weighted by atomic mass is 10.1. The monoisotopic (exact) mass is 313 g/mol. The smallest absolute Gasteiger partial charge is 0.185 e. The Morgan fingerprint density at radius 3 is 2.76 bits per heavy atom. The summed E-state index contributed by atoms with van der Waals surface area (Å²) in [7, 11) is 3.89. The van der Waals surface area contributed by atoms with Gasteiger partial charge in [0.05, 0.1) is 12.3 Å². The van der Waals surface area contributed by atoms with E-state index in [4.69, 9.17) is 9.72 Å². The molecule has 122 valence electrons. The molecule has 1 rings (SSSR count). The van der Waals surface area contributed by atoms with Crippen LogP contribution in [0, 0.1) is 5.92 Å². The maximum absolute atomic E-state index is 5.07. The normalized spacial score (nSPS) is 12.6. The Balaban J connectivity index is 2.68. The molecule has 1 heterocycles. The third kappa shape index (κ3) is 6.32. The van der Waals surface area contributed by atoms with Gasteiger partial charge in [-0.15, -0.1) is 11.3 Å². The molecule has 1 unspecified atom stereocenters. The third-order valence-electron chi connectivity index (χ3n) is 3.63. The quantitative estimate of drug-likeness (QED) is 0.636. The molecule has 0 bridgehead atoms. The summed E-state index contributed by atoms with van der Waals surface area (Å²) >= 11 is 1.83. The van der Waals surface area contributed by atoms with Crippen molar-refractivity contribution in [2.75, 3.05) is 38.8 Å². The molecule has 0 radical (unpaired) electrons. The SMILES string of the molecule is CCCc1nc(N(C)CC(C)CC)sc1CNCCOC. The molecule has 0 fully saturated rings. The molecule has 1 aromatic rings. The largest absolute Gasteiger partial charge is 0.383 e. The van der Waals surface area contributed by atoms with Gasteiger partial charge in [-0.05, 0) is 12.3 Å². The molecule has 0 spiro atoms. The lowest BCUT2D eigenvalue weighted by molar-refractivity contribution is 0.199. The van der Waals surface area contributed by atoms with Crippen LogP contribution >= 0.6 is 11.3 Å². The van der Waals surface area contributed by atoms with Crippen molar-refractivity contribution in [1.29, 1.82) is 0 Å². The molecule has 1 aromatic heterocycles. The highest BCUT2D eigenvalue weighted by molar-refractivity contribution is 7.15. The molecule has 0 aliphatic rings. The molecule has 21 heavy (non-hydrogen) atoms. The second-order valence-electron chi connectivity index (χ2n) is 5.68. The van der Waals surface area contributed by atoms with E-state index in [1.165, 1.54) is 17.0 Å². The van der Waals surface area contributed by atoms with Gasteiger partial charge in [0.25, 0.3) is 0 Å². The van der Waals surface area contributed by atoms with E-state index in [2.05, 4.69) is 38.0 Å². The zero-order valence-corrected chi connectivity index (χ0v) is 15.1. The summed E-state index contributed by atoms with van der Waals surface area (Å²) in [6, 6.07) is 0. The van der Waals surface area contributed by atoms with Crippen molar-refractivity contribution < 1.29 is 4.74 Å². The van der Waals surface area contributed by atoms with Gasteiger partial charge in [-0.25, -0.2) is 4.98 Å². The first-order valence-corrected chi connectivity index (χ1v) is 8.83. The van der Waals surface area contributed by atoms with Gasteiger partial charge < -0.3 is 15.0 Å². The Kier molecular flexibility index (Phi) is 8.88. The van der Waals surface area contributed by atoms with E-state index < -0.39 is 0 Å². The summed E-state index contributed by atoms with van der Waals surface area (Å²) in [5.74, 6) is 0.705. The number of rotatable bonds is 11. The number of thiazole rings is 1. The first kappa shape index (κ1) is 18.4. The average molecular weight is 314 g/mol. The Morgan fingerprint density at radius 2 is 2.14 bits per heavy atom. The highest BCUT2D eigenvalue weighted by Crippen LogP contribution is 2.27. The first-order chi connectivity index (χ1) is 10.1. The second kappa shape index (κ2) is 10.1. The number of nitrogens with zero attached hydrogens (tertiary/aromatic N) is 2. The Labute approximate surface area is 133 Å². The van der Waals surface area contributed by atoms with E-state index in [0.717, 1.165) is 44.2 Å². The number of hydrogen-bond donors (Lipinski definition) is 1. The summed E-state index contributed by atoms with van der Waals surface area (Å²) in [6.07, 6.45) is 3.42. The van der Waals surface area contributed by atoms with E-state index >= 15 is 0 Å². The summed E-state index contributed by atoms with van der Waals surface area (Å²) in [5, 5.41) is 4.59. The minimum absolute atomic E-state index is 0.705. The van der Waals surface area contributed by atoms with Gasteiger partial charge >= 0.3 is 0 Å². The van der Waals surface area contributed by atoms with Crippen molar-refractivity contribution >= 4 is 16.5 Å². The summed E-state index contributed by atoms with van der Waals surface area (Å²) in [6.45, 7) is 10.4. The summed E-state index contributed by atoms with van der Waals surface area (Å²) in [4.78, 5) is 8.54. The fraction of sp³-hybridized carbons (Fsp3) is 0.812. The zero-order chi connectivity index (χ0) is 15.7. The number of ether oxygens (including phenoxy) is 1. The topological polar surface area (TPSA) is 37.4 Å². The van der Waals surface area contributed by atoms with Crippen LogP contribution in [0.15, 0.2) is 0 Å². The van der Waals surface area contributed by atoms with Gasteiger partial charge in [0.2, 0.25) is 0 Å². The van der Waals surface area contributed by atoms with Crippen LogP contribution in [-0.4, -0.2) is 38.8 Å². The van der Waals surface area contributed by atoms with Crippen LogP contribution < -0.4 is 10.2 Å². The Bertz CT molecular complexity index is 395. The summed E-state index contributed by atoms with van der Waals surface area (Å²) in [5.41, 5.74) is 1.26. The maximum atomic E-state index is 5.07. The minimum Gasteiger partial charge on any atom is -0.383 e. The maximum Gasteiger partial charge on any atom is 0.185 e. The average Bonchev–Trinajstić information content (AvgIpc) is 2.87. The molecular formula is C16H31N3OS. The first-order valence-electron chi connectivity index (χ1n) is 8.01. The van der Waals surface area contributed by atoms with E-state index in [0.29, 0.717) is 5.92 Å². The lowest BCUT2D eigenvalue weighted by Crippen LogP contribution is -2.23. The molecule has 0 amide bonds. The predicted octanol–water partition coefficient (Wildman–Crippen LogP) is 3.31. The van der Waals surface area contributed by atoms with Crippen LogP contribution in [0.2, 0.25) is 0 Å². The molecule has 4 nitrogen and oxygen atoms in total. The number of methoxy groups -OCH3 is 1. The highest BCUT2D eigenvalue weighted by Gasteiger charge is 2.14. The van der Waals surface area contributed by atoms with Crippen molar-refractivity contribution in [2.45, 2.75) is 46.6 Å². The predicted molar refractivity (Wildman–Crippen MR) is 92.4 cm³/mol. The number of aromatic nitrogens is 1. The fourth-order valence-corrected chi connectivity index (χ4v) is 3.20. The van der Waals surface area contributed by atoms with Crippen molar-refractivity contribution in [2.24, 2.45) is 5.92 Å². The fourth-order valence-electron chi connectivity index (χ4n) is 2.15. The standard InChI is InChI=1S/C16H31N3OS/c1-6-8-14-15(11-17-9-10-20-5)21-16(18-14)19(4)12-13(3)7-2/h13,17H,6-12H2,1-5H3. The van der Waals surface area contributed by atoms with Crippen molar-refractivity contribution in [3.8, 4) is 0 Å². The molecule has 0 aromatic carbocycles. The van der Waals surface area contributed by atoms with Crippen LogP contribution in [0.5, 0.6) is 0 Å². The van der Waals surface area contributed by atoms with Gasteiger partial charge in [-0.2, -0.15) is 0 Å². The molecular weight excluding hydrogens is 282 g/mol. The molecule has 1 atom stereocenters. The number of nitrogens with one attached hydrogen (secondary N) is 1. The molecule has 0 aliphatic heterocycles.